The van der Waals surface area contributed by atoms with Gasteiger partial charge in [0, 0.05) is 18.8 Å². The average molecular weight is 302 g/mol. The number of hydrogen-bond acceptors (Lipinski definition) is 3. The van der Waals surface area contributed by atoms with Gasteiger partial charge in [0.05, 0.1) is 23.1 Å². The Morgan fingerprint density at radius 2 is 2.16 bits per heavy atom. The molecule has 7 heteroatoms. The van der Waals surface area contributed by atoms with Crippen molar-refractivity contribution in [3.63, 3.8) is 0 Å². The highest BCUT2D eigenvalue weighted by atomic mass is 35.5. The molecule has 1 aliphatic rings. The molecule has 0 aromatic heterocycles. The van der Waals surface area contributed by atoms with Crippen molar-refractivity contribution < 1.29 is 9.59 Å². The lowest BCUT2D eigenvalue weighted by Crippen LogP contribution is -2.49. The van der Waals surface area contributed by atoms with E-state index in [4.69, 9.17) is 23.2 Å². The topological polar surface area (TPSA) is 61.4 Å². The van der Waals surface area contributed by atoms with Crippen LogP contribution in [0, 0.1) is 0 Å². The van der Waals surface area contributed by atoms with Crippen molar-refractivity contribution in [2.24, 2.45) is 0 Å². The lowest BCUT2D eigenvalue weighted by atomic mass is 10.3. The van der Waals surface area contributed by atoms with E-state index in [0.29, 0.717) is 28.8 Å². The number of anilines is 1. The molecule has 1 aromatic rings. The highest BCUT2D eigenvalue weighted by Crippen LogP contribution is 2.24. The number of rotatable bonds is 3. The molecule has 0 bridgehead atoms. The van der Waals surface area contributed by atoms with E-state index in [2.05, 4.69) is 10.6 Å². The maximum atomic E-state index is 11.8. The molecule has 1 aromatic carbocycles. The third kappa shape index (κ3) is 4.09. The summed E-state index contributed by atoms with van der Waals surface area (Å²) in [5.74, 6) is -0.248. The summed E-state index contributed by atoms with van der Waals surface area (Å²) >= 11 is 11.7. The third-order valence-corrected chi connectivity index (χ3v) is 3.43. The standard InChI is InChI=1S/C12H13Cl2N3O2/c13-9-2-1-8(5-10(9)14)16-12(19)7-17-4-3-15-11(18)6-17/h1-2,5H,3-4,6-7H2,(H,15,18)(H,16,19). The van der Waals surface area contributed by atoms with Crippen LogP contribution in [0.1, 0.15) is 0 Å². The molecular weight excluding hydrogens is 289 g/mol. The van der Waals surface area contributed by atoms with E-state index in [9.17, 15) is 9.59 Å². The van der Waals surface area contributed by atoms with Gasteiger partial charge in [-0.3, -0.25) is 14.5 Å². The largest absolute Gasteiger partial charge is 0.354 e. The number of carbonyl (C=O) groups excluding carboxylic acids is 2. The van der Waals surface area contributed by atoms with Crippen molar-refractivity contribution in [3.8, 4) is 0 Å². The summed E-state index contributed by atoms with van der Waals surface area (Å²) in [4.78, 5) is 24.8. The molecule has 102 valence electrons. The molecule has 0 atom stereocenters. The smallest absolute Gasteiger partial charge is 0.238 e. The minimum atomic E-state index is -0.187. The molecule has 2 rings (SSSR count). The van der Waals surface area contributed by atoms with Crippen LogP contribution >= 0.6 is 23.2 Å². The van der Waals surface area contributed by atoms with Gasteiger partial charge < -0.3 is 10.6 Å². The lowest BCUT2D eigenvalue weighted by molar-refractivity contribution is -0.125. The molecule has 2 amide bonds. The summed E-state index contributed by atoms with van der Waals surface area (Å²) in [6.07, 6.45) is 0. The fraction of sp³-hybridized carbons (Fsp3) is 0.333. The van der Waals surface area contributed by atoms with Crippen molar-refractivity contribution in [1.82, 2.24) is 10.2 Å². The number of nitrogens with one attached hydrogen (secondary N) is 2. The molecule has 0 unspecified atom stereocenters. The summed E-state index contributed by atoms with van der Waals surface area (Å²) in [5, 5.41) is 6.24. The number of piperazine rings is 1. The number of carbonyl (C=O) groups is 2. The molecule has 2 N–H and O–H groups in total. The van der Waals surface area contributed by atoms with Crippen LogP contribution in [0.3, 0.4) is 0 Å². The summed E-state index contributed by atoms with van der Waals surface area (Å²) in [5.41, 5.74) is 0.584. The zero-order chi connectivity index (χ0) is 13.8. The summed E-state index contributed by atoms with van der Waals surface area (Å²) < 4.78 is 0. The predicted molar refractivity (Wildman–Crippen MR) is 74.5 cm³/mol. The second-order valence-corrected chi connectivity index (χ2v) is 5.05. The van der Waals surface area contributed by atoms with Crippen molar-refractivity contribution in [1.29, 1.82) is 0 Å². The Bertz CT molecular complexity index is 508. The van der Waals surface area contributed by atoms with Gasteiger partial charge in [-0.25, -0.2) is 0 Å². The van der Waals surface area contributed by atoms with Crippen LogP contribution in [-0.2, 0) is 9.59 Å². The summed E-state index contributed by atoms with van der Waals surface area (Å²) in [7, 11) is 0. The van der Waals surface area contributed by atoms with Gasteiger partial charge in [0.25, 0.3) is 0 Å². The molecule has 1 fully saturated rings. The number of halogens is 2. The number of benzene rings is 1. The van der Waals surface area contributed by atoms with Crippen LogP contribution in [0.25, 0.3) is 0 Å². The zero-order valence-electron chi connectivity index (χ0n) is 10.1. The second-order valence-electron chi connectivity index (χ2n) is 4.24. The number of amides is 2. The molecule has 1 saturated heterocycles. The molecule has 0 aliphatic carbocycles. The highest BCUT2D eigenvalue weighted by molar-refractivity contribution is 6.42. The molecule has 1 heterocycles. The number of nitrogens with zero attached hydrogens (tertiary/aromatic N) is 1. The van der Waals surface area contributed by atoms with Crippen LogP contribution in [0.4, 0.5) is 5.69 Å². The van der Waals surface area contributed by atoms with Crippen molar-refractivity contribution in [2.75, 3.05) is 31.5 Å². The van der Waals surface area contributed by atoms with E-state index in [0.717, 1.165) is 0 Å². The van der Waals surface area contributed by atoms with E-state index >= 15 is 0 Å². The van der Waals surface area contributed by atoms with Gasteiger partial charge in [0.15, 0.2) is 0 Å². The summed E-state index contributed by atoms with van der Waals surface area (Å²) in [6.45, 7) is 1.65. The molecule has 5 nitrogen and oxygen atoms in total. The molecule has 0 radical (unpaired) electrons. The Labute approximate surface area is 120 Å². The van der Waals surface area contributed by atoms with Crippen LogP contribution in [0.2, 0.25) is 10.0 Å². The van der Waals surface area contributed by atoms with Crippen LogP contribution in [-0.4, -0.2) is 42.9 Å². The van der Waals surface area contributed by atoms with Crippen molar-refractivity contribution >= 4 is 40.7 Å². The molecule has 0 saturated carbocycles. The van der Waals surface area contributed by atoms with Crippen molar-refractivity contribution in [2.45, 2.75) is 0 Å². The minimum absolute atomic E-state index is 0.0615. The van der Waals surface area contributed by atoms with Crippen LogP contribution in [0.5, 0.6) is 0 Å². The van der Waals surface area contributed by atoms with Gasteiger partial charge in [0.2, 0.25) is 11.8 Å². The van der Waals surface area contributed by atoms with E-state index in [1.54, 1.807) is 23.1 Å². The maximum absolute atomic E-state index is 11.8. The Morgan fingerprint density at radius 3 is 2.84 bits per heavy atom. The lowest BCUT2D eigenvalue weighted by Gasteiger charge is -2.25. The second kappa shape index (κ2) is 6.23. The fourth-order valence-corrected chi connectivity index (χ4v) is 2.10. The van der Waals surface area contributed by atoms with Gasteiger partial charge in [-0.05, 0) is 18.2 Å². The third-order valence-electron chi connectivity index (χ3n) is 2.69. The average Bonchev–Trinajstić information content (AvgIpc) is 2.34. The first-order valence-corrected chi connectivity index (χ1v) is 6.54. The van der Waals surface area contributed by atoms with Gasteiger partial charge in [-0.15, -0.1) is 0 Å². The first kappa shape index (κ1) is 14.1. The van der Waals surface area contributed by atoms with E-state index in [1.807, 2.05) is 0 Å². The molecule has 1 aliphatic heterocycles. The Hall–Kier alpha value is -1.30. The fourth-order valence-electron chi connectivity index (χ4n) is 1.80. The monoisotopic (exact) mass is 301 g/mol. The van der Waals surface area contributed by atoms with Crippen molar-refractivity contribution in [3.05, 3.63) is 28.2 Å². The van der Waals surface area contributed by atoms with E-state index < -0.39 is 0 Å². The minimum Gasteiger partial charge on any atom is -0.354 e. The Balaban J connectivity index is 1.90. The maximum Gasteiger partial charge on any atom is 0.238 e. The molecule has 0 spiro atoms. The normalized spacial score (nSPS) is 16.0. The van der Waals surface area contributed by atoms with Gasteiger partial charge in [-0.1, -0.05) is 23.2 Å². The van der Waals surface area contributed by atoms with Crippen LogP contribution in [0.15, 0.2) is 18.2 Å². The Kier molecular flexibility index (Phi) is 4.63. The SMILES string of the molecule is O=C1CN(CC(=O)Nc2ccc(Cl)c(Cl)c2)CCN1. The van der Waals surface area contributed by atoms with Gasteiger partial charge >= 0.3 is 0 Å². The van der Waals surface area contributed by atoms with Gasteiger partial charge in [0.1, 0.15) is 0 Å². The molecule has 19 heavy (non-hydrogen) atoms. The Morgan fingerprint density at radius 1 is 1.37 bits per heavy atom. The van der Waals surface area contributed by atoms with E-state index in [-0.39, 0.29) is 24.9 Å². The number of hydrogen-bond donors (Lipinski definition) is 2. The summed E-state index contributed by atoms with van der Waals surface area (Å²) in [6, 6.07) is 4.88. The van der Waals surface area contributed by atoms with E-state index in [1.165, 1.54) is 0 Å². The molecular formula is C12H13Cl2N3O2. The quantitative estimate of drug-likeness (QED) is 0.886. The zero-order valence-corrected chi connectivity index (χ0v) is 11.6. The first-order chi connectivity index (χ1) is 9.04. The highest BCUT2D eigenvalue weighted by Gasteiger charge is 2.18. The predicted octanol–water partition coefficient (Wildman–Crippen LogP) is 1.36. The van der Waals surface area contributed by atoms with Crippen LogP contribution < -0.4 is 10.6 Å². The van der Waals surface area contributed by atoms with Gasteiger partial charge in [-0.2, -0.15) is 0 Å². The first-order valence-electron chi connectivity index (χ1n) is 5.78.